The maximum atomic E-state index is 12.2. The van der Waals surface area contributed by atoms with E-state index in [2.05, 4.69) is 4.72 Å². The number of hydrogen-bond acceptors (Lipinski definition) is 6. The smallest absolute Gasteiger partial charge is 0.338 e. The standard InChI is InChI=1S/C18H27NO6S/c1-6-7-8-26(22,23)19-16-10-14(17(20)24-12(2)3)9-15(11-16)18(21)25-13(4)5/h9-13,19H,6-8H2,1-5H3. The summed E-state index contributed by atoms with van der Waals surface area (Å²) in [7, 11) is -3.58. The van der Waals surface area contributed by atoms with Crippen molar-refractivity contribution in [3.05, 3.63) is 29.3 Å². The molecule has 0 atom stereocenters. The molecule has 0 aliphatic heterocycles. The van der Waals surface area contributed by atoms with E-state index in [9.17, 15) is 18.0 Å². The van der Waals surface area contributed by atoms with E-state index < -0.39 is 22.0 Å². The van der Waals surface area contributed by atoms with E-state index in [-0.39, 0.29) is 34.8 Å². The minimum atomic E-state index is -3.58. The Morgan fingerprint density at radius 2 is 1.42 bits per heavy atom. The monoisotopic (exact) mass is 385 g/mol. The number of anilines is 1. The Labute approximate surface area is 155 Å². The fourth-order valence-corrected chi connectivity index (χ4v) is 3.30. The van der Waals surface area contributed by atoms with Gasteiger partial charge >= 0.3 is 11.9 Å². The van der Waals surface area contributed by atoms with Crippen LogP contribution < -0.4 is 4.72 Å². The minimum Gasteiger partial charge on any atom is -0.459 e. The lowest BCUT2D eigenvalue weighted by atomic mass is 10.1. The summed E-state index contributed by atoms with van der Waals surface area (Å²) in [6, 6.07) is 4.03. The maximum absolute atomic E-state index is 12.2. The van der Waals surface area contributed by atoms with Gasteiger partial charge in [0.2, 0.25) is 10.0 Å². The molecule has 8 heteroatoms. The summed E-state index contributed by atoms with van der Waals surface area (Å²) in [5, 5.41) is 0. The first kappa shape index (κ1) is 22.0. The van der Waals surface area contributed by atoms with Crippen molar-refractivity contribution in [2.45, 2.75) is 59.7 Å². The molecule has 1 aromatic carbocycles. The molecule has 0 aliphatic rings. The summed E-state index contributed by atoms with van der Waals surface area (Å²) in [4.78, 5) is 24.4. The Morgan fingerprint density at radius 3 is 1.81 bits per heavy atom. The Balaban J connectivity index is 3.23. The zero-order valence-electron chi connectivity index (χ0n) is 15.9. The molecule has 26 heavy (non-hydrogen) atoms. The fourth-order valence-electron chi connectivity index (χ4n) is 2.05. The normalized spacial score (nSPS) is 11.5. The van der Waals surface area contributed by atoms with Crippen LogP contribution in [0.3, 0.4) is 0 Å². The molecule has 0 unspecified atom stereocenters. The summed E-state index contributed by atoms with van der Waals surface area (Å²) in [6.45, 7) is 8.68. The van der Waals surface area contributed by atoms with Crippen LogP contribution in [0.5, 0.6) is 0 Å². The van der Waals surface area contributed by atoms with Crippen molar-refractivity contribution in [3.8, 4) is 0 Å². The van der Waals surface area contributed by atoms with Crippen LogP contribution >= 0.6 is 0 Å². The molecule has 0 bridgehead atoms. The molecule has 0 amide bonds. The van der Waals surface area contributed by atoms with E-state index in [4.69, 9.17) is 9.47 Å². The van der Waals surface area contributed by atoms with Crippen LogP contribution in [0.25, 0.3) is 0 Å². The molecule has 0 fully saturated rings. The SMILES string of the molecule is CCCCS(=O)(=O)Nc1cc(C(=O)OC(C)C)cc(C(=O)OC(C)C)c1. The molecule has 1 aromatic rings. The Kier molecular flexibility index (Phi) is 8.08. The minimum absolute atomic E-state index is 0.0457. The number of esters is 2. The number of ether oxygens (including phenoxy) is 2. The van der Waals surface area contributed by atoms with Gasteiger partial charge in [0.05, 0.1) is 34.8 Å². The van der Waals surface area contributed by atoms with Gasteiger partial charge in [-0.25, -0.2) is 18.0 Å². The van der Waals surface area contributed by atoms with Crippen LogP contribution in [0.15, 0.2) is 18.2 Å². The van der Waals surface area contributed by atoms with E-state index in [0.717, 1.165) is 6.42 Å². The molecule has 0 saturated heterocycles. The highest BCUT2D eigenvalue weighted by Gasteiger charge is 2.19. The molecular weight excluding hydrogens is 358 g/mol. The Hall–Kier alpha value is -2.09. The summed E-state index contributed by atoms with van der Waals surface area (Å²) in [5.41, 5.74) is 0.269. The first-order chi connectivity index (χ1) is 12.0. The second-order valence-electron chi connectivity index (χ2n) is 6.48. The maximum Gasteiger partial charge on any atom is 0.338 e. The third-order valence-electron chi connectivity index (χ3n) is 3.13. The van der Waals surface area contributed by atoms with E-state index in [1.54, 1.807) is 27.7 Å². The number of carbonyl (C=O) groups is 2. The predicted molar refractivity (Wildman–Crippen MR) is 99.9 cm³/mol. The quantitative estimate of drug-likeness (QED) is 0.655. The number of sulfonamides is 1. The van der Waals surface area contributed by atoms with Crippen molar-refractivity contribution < 1.29 is 27.5 Å². The second kappa shape index (κ2) is 9.56. The molecule has 7 nitrogen and oxygen atoms in total. The van der Waals surface area contributed by atoms with Crippen molar-refractivity contribution in [3.63, 3.8) is 0 Å². The van der Waals surface area contributed by atoms with Gasteiger partial charge in [0.15, 0.2) is 0 Å². The number of rotatable bonds is 9. The molecule has 0 aliphatic carbocycles. The van der Waals surface area contributed by atoms with Gasteiger partial charge in [-0.1, -0.05) is 13.3 Å². The van der Waals surface area contributed by atoms with E-state index in [1.807, 2.05) is 6.92 Å². The van der Waals surface area contributed by atoms with Gasteiger partial charge in [-0.2, -0.15) is 0 Å². The van der Waals surface area contributed by atoms with Crippen molar-refractivity contribution in [2.75, 3.05) is 10.5 Å². The van der Waals surface area contributed by atoms with Gasteiger partial charge in [0.25, 0.3) is 0 Å². The van der Waals surface area contributed by atoms with Crippen LogP contribution in [-0.2, 0) is 19.5 Å². The average Bonchev–Trinajstić information content (AvgIpc) is 2.51. The lowest BCUT2D eigenvalue weighted by Crippen LogP contribution is -2.19. The summed E-state index contributed by atoms with van der Waals surface area (Å²) < 4.78 is 36.9. The molecule has 0 spiro atoms. The largest absolute Gasteiger partial charge is 0.459 e. The van der Waals surface area contributed by atoms with Crippen molar-refractivity contribution in [1.29, 1.82) is 0 Å². The van der Waals surface area contributed by atoms with Crippen LogP contribution in [0.4, 0.5) is 5.69 Å². The fraction of sp³-hybridized carbons (Fsp3) is 0.556. The highest BCUT2D eigenvalue weighted by Crippen LogP contribution is 2.19. The second-order valence-corrected chi connectivity index (χ2v) is 8.32. The van der Waals surface area contributed by atoms with E-state index in [0.29, 0.717) is 6.42 Å². The van der Waals surface area contributed by atoms with Gasteiger partial charge in [-0.05, 0) is 52.3 Å². The molecule has 1 N–H and O–H groups in total. The molecule has 146 valence electrons. The first-order valence-electron chi connectivity index (χ1n) is 8.61. The Morgan fingerprint density at radius 1 is 0.962 bits per heavy atom. The molecule has 0 aromatic heterocycles. The van der Waals surface area contributed by atoms with Crippen molar-refractivity contribution >= 4 is 27.6 Å². The third kappa shape index (κ3) is 7.43. The Bertz CT molecular complexity index is 700. The molecule has 0 radical (unpaired) electrons. The van der Waals surface area contributed by atoms with E-state index >= 15 is 0 Å². The molecule has 0 heterocycles. The van der Waals surface area contributed by atoms with Gasteiger partial charge in [-0.3, -0.25) is 4.72 Å². The number of benzene rings is 1. The highest BCUT2D eigenvalue weighted by molar-refractivity contribution is 7.92. The lowest BCUT2D eigenvalue weighted by Gasteiger charge is -2.14. The summed E-state index contributed by atoms with van der Waals surface area (Å²) >= 11 is 0. The van der Waals surface area contributed by atoms with Crippen molar-refractivity contribution in [2.24, 2.45) is 0 Å². The van der Waals surface area contributed by atoms with Crippen molar-refractivity contribution in [1.82, 2.24) is 0 Å². The number of nitrogens with one attached hydrogen (secondary N) is 1. The average molecular weight is 385 g/mol. The molecule has 0 saturated carbocycles. The summed E-state index contributed by atoms with van der Waals surface area (Å²) in [5.74, 6) is -1.34. The topological polar surface area (TPSA) is 98.8 Å². The van der Waals surface area contributed by atoms with Crippen LogP contribution in [0, 0.1) is 0 Å². The number of unbranched alkanes of at least 4 members (excludes halogenated alkanes) is 1. The van der Waals surface area contributed by atoms with Crippen LogP contribution in [-0.4, -0.2) is 38.3 Å². The molecule has 1 rings (SSSR count). The van der Waals surface area contributed by atoms with Gasteiger partial charge in [-0.15, -0.1) is 0 Å². The molecular formula is C18H27NO6S. The van der Waals surface area contributed by atoms with Gasteiger partial charge in [0, 0.05) is 0 Å². The predicted octanol–water partition coefficient (Wildman–Crippen LogP) is 3.36. The van der Waals surface area contributed by atoms with E-state index in [1.165, 1.54) is 18.2 Å². The first-order valence-corrected chi connectivity index (χ1v) is 10.3. The van der Waals surface area contributed by atoms with Gasteiger partial charge in [0.1, 0.15) is 0 Å². The zero-order chi connectivity index (χ0) is 19.9. The third-order valence-corrected chi connectivity index (χ3v) is 4.50. The van der Waals surface area contributed by atoms with Crippen LogP contribution in [0.1, 0.15) is 68.2 Å². The lowest BCUT2D eigenvalue weighted by molar-refractivity contribution is 0.0377. The number of hydrogen-bond donors (Lipinski definition) is 1. The highest BCUT2D eigenvalue weighted by atomic mass is 32.2. The number of carbonyl (C=O) groups excluding carboxylic acids is 2. The summed E-state index contributed by atoms with van der Waals surface area (Å²) in [6.07, 6.45) is 0.539. The van der Waals surface area contributed by atoms with Gasteiger partial charge < -0.3 is 9.47 Å². The van der Waals surface area contributed by atoms with Crippen LogP contribution in [0.2, 0.25) is 0 Å². The zero-order valence-corrected chi connectivity index (χ0v) is 16.7.